The van der Waals surface area contributed by atoms with E-state index in [4.69, 9.17) is 4.98 Å². The molecule has 0 radical (unpaired) electrons. The third-order valence-corrected chi connectivity index (χ3v) is 4.85. The first-order valence-corrected chi connectivity index (χ1v) is 9.47. The average molecular weight is 392 g/mol. The summed E-state index contributed by atoms with van der Waals surface area (Å²) in [6, 6.07) is 5.55. The van der Waals surface area contributed by atoms with Crippen molar-refractivity contribution in [2.24, 2.45) is 21.1 Å². The minimum atomic E-state index is -0.0945. The highest BCUT2D eigenvalue weighted by Crippen LogP contribution is 2.33. The van der Waals surface area contributed by atoms with Crippen LogP contribution in [0.5, 0.6) is 0 Å². The Balaban J connectivity index is 1.89. The molecular weight excluding hydrogens is 368 g/mol. The molecule has 0 aliphatic carbocycles. The SMILES string of the molecule is CC(C)c1nn(C)c2nc(-c3cccn(C)c3=O)cc(NCc3ncn(C)n3)c12. The Labute approximate surface area is 168 Å². The second kappa shape index (κ2) is 7.16. The number of nitrogens with one attached hydrogen (secondary N) is 1. The summed E-state index contributed by atoms with van der Waals surface area (Å²) in [5.41, 5.74) is 3.60. The van der Waals surface area contributed by atoms with Crippen molar-refractivity contribution in [2.45, 2.75) is 26.3 Å². The number of aromatic nitrogens is 7. The van der Waals surface area contributed by atoms with Gasteiger partial charge in [0.15, 0.2) is 11.5 Å². The maximum atomic E-state index is 12.7. The maximum absolute atomic E-state index is 12.7. The van der Waals surface area contributed by atoms with Crippen LogP contribution in [0.25, 0.3) is 22.3 Å². The Morgan fingerprint density at radius 1 is 1.17 bits per heavy atom. The van der Waals surface area contributed by atoms with Gasteiger partial charge in [-0.15, -0.1) is 0 Å². The molecule has 1 N–H and O–H groups in total. The first-order chi connectivity index (χ1) is 13.8. The molecular formula is C20H24N8O. The highest BCUT2D eigenvalue weighted by atomic mass is 16.1. The maximum Gasteiger partial charge on any atom is 0.259 e. The molecule has 0 atom stereocenters. The van der Waals surface area contributed by atoms with Crippen LogP contribution in [0, 0.1) is 0 Å². The first-order valence-electron chi connectivity index (χ1n) is 9.47. The van der Waals surface area contributed by atoms with Gasteiger partial charge >= 0.3 is 0 Å². The van der Waals surface area contributed by atoms with Crippen LogP contribution in [-0.2, 0) is 27.7 Å². The molecule has 0 aliphatic rings. The molecule has 0 saturated heterocycles. The Morgan fingerprint density at radius 3 is 2.66 bits per heavy atom. The van der Waals surface area contributed by atoms with Crippen LogP contribution in [0.2, 0.25) is 0 Å². The molecule has 0 spiro atoms. The van der Waals surface area contributed by atoms with Crippen molar-refractivity contribution >= 4 is 16.7 Å². The van der Waals surface area contributed by atoms with E-state index in [1.807, 2.05) is 26.2 Å². The average Bonchev–Trinajstić information content (AvgIpc) is 3.25. The van der Waals surface area contributed by atoms with Gasteiger partial charge in [-0.05, 0) is 24.1 Å². The lowest BCUT2D eigenvalue weighted by Crippen LogP contribution is -2.17. The molecule has 0 unspecified atom stereocenters. The molecule has 9 heteroatoms. The molecule has 0 amide bonds. The van der Waals surface area contributed by atoms with E-state index in [2.05, 4.69) is 34.3 Å². The third-order valence-electron chi connectivity index (χ3n) is 4.85. The zero-order valence-electron chi connectivity index (χ0n) is 17.2. The number of fused-ring (bicyclic) bond motifs is 1. The van der Waals surface area contributed by atoms with Gasteiger partial charge in [-0.25, -0.2) is 9.97 Å². The Bertz CT molecular complexity index is 1250. The highest BCUT2D eigenvalue weighted by molar-refractivity contribution is 5.94. The monoisotopic (exact) mass is 392 g/mol. The van der Waals surface area contributed by atoms with Gasteiger partial charge in [0.05, 0.1) is 28.9 Å². The summed E-state index contributed by atoms with van der Waals surface area (Å²) in [6.45, 7) is 4.66. The van der Waals surface area contributed by atoms with Gasteiger partial charge in [-0.3, -0.25) is 14.2 Å². The van der Waals surface area contributed by atoms with Gasteiger partial charge in [-0.1, -0.05) is 13.8 Å². The largest absolute Gasteiger partial charge is 0.377 e. The van der Waals surface area contributed by atoms with E-state index < -0.39 is 0 Å². The zero-order chi connectivity index (χ0) is 20.7. The van der Waals surface area contributed by atoms with Crippen LogP contribution < -0.4 is 10.9 Å². The summed E-state index contributed by atoms with van der Waals surface area (Å²) < 4.78 is 4.99. The smallest absolute Gasteiger partial charge is 0.259 e. The van der Waals surface area contributed by atoms with E-state index in [0.717, 1.165) is 22.4 Å². The van der Waals surface area contributed by atoms with Gasteiger partial charge in [0, 0.05) is 33.0 Å². The number of nitrogens with zero attached hydrogens (tertiary/aromatic N) is 7. The molecule has 150 valence electrons. The lowest BCUT2D eigenvalue weighted by molar-refractivity contribution is 0.724. The molecule has 4 aromatic rings. The molecule has 0 aromatic carbocycles. The number of rotatable bonds is 5. The van der Waals surface area contributed by atoms with Gasteiger partial charge in [0.25, 0.3) is 5.56 Å². The molecule has 0 saturated carbocycles. The van der Waals surface area contributed by atoms with E-state index in [-0.39, 0.29) is 11.5 Å². The summed E-state index contributed by atoms with van der Waals surface area (Å²) >= 11 is 0. The molecule has 29 heavy (non-hydrogen) atoms. The van der Waals surface area contributed by atoms with E-state index in [1.165, 1.54) is 0 Å². The fourth-order valence-electron chi connectivity index (χ4n) is 3.39. The molecule has 4 aromatic heterocycles. The first kappa shape index (κ1) is 18.9. The fourth-order valence-corrected chi connectivity index (χ4v) is 3.39. The predicted molar refractivity (Wildman–Crippen MR) is 112 cm³/mol. The standard InChI is InChI=1S/C20H24N8O/c1-12(2)18-17-15(21-10-16-22-11-27(4)24-16)9-14(23-19(17)28(5)25-18)13-7-6-8-26(3)20(13)29/h6-9,11-12H,10H2,1-5H3,(H,21,23). The van der Waals surface area contributed by atoms with Crippen LogP contribution in [0.4, 0.5) is 5.69 Å². The molecule has 0 fully saturated rings. The summed E-state index contributed by atoms with van der Waals surface area (Å²) in [5, 5.41) is 13.4. The number of anilines is 1. The number of aryl methyl sites for hydroxylation is 3. The topological polar surface area (TPSA) is 95.5 Å². The van der Waals surface area contributed by atoms with E-state index in [1.54, 1.807) is 39.6 Å². The van der Waals surface area contributed by atoms with Gasteiger partial charge in [0.2, 0.25) is 0 Å². The second-order valence-corrected chi connectivity index (χ2v) is 7.44. The molecule has 4 rings (SSSR count). The van der Waals surface area contributed by atoms with E-state index >= 15 is 0 Å². The molecule has 0 aliphatic heterocycles. The van der Waals surface area contributed by atoms with Crippen LogP contribution >= 0.6 is 0 Å². The fraction of sp³-hybridized carbons (Fsp3) is 0.350. The van der Waals surface area contributed by atoms with Crippen molar-refractivity contribution in [2.75, 3.05) is 5.32 Å². The van der Waals surface area contributed by atoms with Crippen molar-refractivity contribution in [1.29, 1.82) is 0 Å². The Morgan fingerprint density at radius 2 is 1.97 bits per heavy atom. The van der Waals surface area contributed by atoms with Crippen LogP contribution in [0.15, 0.2) is 35.5 Å². The Hall–Kier alpha value is -3.49. The van der Waals surface area contributed by atoms with Crippen molar-refractivity contribution in [1.82, 2.24) is 34.1 Å². The number of hydrogen-bond donors (Lipinski definition) is 1. The number of hydrogen-bond acceptors (Lipinski definition) is 6. The van der Waals surface area contributed by atoms with Crippen LogP contribution in [0.3, 0.4) is 0 Å². The second-order valence-electron chi connectivity index (χ2n) is 7.44. The lowest BCUT2D eigenvalue weighted by atomic mass is 10.0. The third kappa shape index (κ3) is 3.39. The Kier molecular flexibility index (Phi) is 4.65. The molecule has 0 bridgehead atoms. The van der Waals surface area contributed by atoms with E-state index in [0.29, 0.717) is 23.6 Å². The van der Waals surface area contributed by atoms with Crippen LogP contribution in [-0.4, -0.2) is 34.1 Å². The van der Waals surface area contributed by atoms with E-state index in [9.17, 15) is 4.79 Å². The zero-order valence-corrected chi connectivity index (χ0v) is 17.2. The minimum Gasteiger partial charge on any atom is -0.377 e. The summed E-state index contributed by atoms with van der Waals surface area (Å²) in [6.07, 6.45) is 3.40. The highest BCUT2D eigenvalue weighted by Gasteiger charge is 2.20. The summed E-state index contributed by atoms with van der Waals surface area (Å²) in [4.78, 5) is 21.7. The summed E-state index contributed by atoms with van der Waals surface area (Å²) in [5.74, 6) is 0.911. The van der Waals surface area contributed by atoms with Gasteiger partial charge < -0.3 is 9.88 Å². The van der Waals surface area contributed by atoms with Gasteiger partial charge in [-0.2, -0.15) is 10.2 Å². The number of pyridine rings is 2. The van der Waals surface area contributed by atoms with Crippen molar-refractivity contribution < 1.29 is 0 Å². The molecule has 9 nitrogen and oxygen atoms in total. The van der Waals surface area contributed by atoms with Crippen molar-refractivity contribution in [3.63, 3.8) is 0 Å². The normalized spacial score (nSPS) is 11.5. The minimum absolute atomic E-state index is 0.0945. The van der Waals surface area contributed by atoms with Crippen molar-refractivity contribution in [3.8, 4) is 11.3 Å². The molecule has 4 heterocycles. The van der Waals surface area contributed by atoms with Gasteiger partial charge in [0.1, 0.15) is 6.33 Å². The lowest BCUT2D eigenvalue weighted by Gasteiger charge is -2.11. The quantitative estimate of drug-likeness (QED) is 0.559. The van der Waals surface area contributed by atoms with Crippen LogP contribution in [0.1, 0.15) is 31.3 Å². The predicted octanol–water partition coefficient (Wildman–Crippen LogP) is 2.20. The summed E-state index contributed by atoms with van der Waals surface area (Å²) in [7, 11) is 5.44. The van der Waals surface area contributed by atoms with Crippen molar-refractivity contribution in [3.05, 3.63) is 52.6 Å².